The molecule has 4 nitrogen and oxygen atoms in total. The predicted molar refractivity (Wildman–Crippen MR) is 46.1 cm³/mol. The summed E-state index contributed by atoms with van der Waals surface area (Å²) in [6.45, 7) is 0. The van der Waals surface area contributed by atoms with Crippen LogP contribution in [0.3, 0.4) is 0 Å². The third-order valence-electron chi connectivity index (χ3n) is 1.52. The molecule has 2 rings (SSSR count). The van der Waals surface area contributed by atoms with Gasteiger partial charge in [-0.15, -0.1) is 0 Å². The molecule has 0 bridgehead atoms. The molecular formula is C7H6ClN3O. The third kappa shape index (κ3) is 1.00. The molecule has 2 heterocycles. The molecule has 5 heteroatoms. The molecule has 2 aromatic heterocycles. The van der Waals surface area contributed by atoms with Crippen LogP contribution in [0.5, 0.6) is 0 Å². The molecule has 0 fully saturated rings. The van der Waals surface area contributed by atoms with Gasteiger partial charge in [-0.25, -0.2) is 9.97 Å². The standard InChI is InChI=1S/C7H6ClN3O/c1-11(8)7-6-5(2-3-12-6)9-4-10-7/h2-4H,1H3. The van der Waals surface area contributed by atoms with Crippen LogP contribution in [0.2, 0.25) is 0 Å². The van der Waals surface area contributed by atoms with Gasteiger partial charge in [0.15, 0.2) is 11.4 Å². The van der Waals surface area contributed by atoms with Crippen LogP contribution in [-0.4, -0.2) is 17.0 Å². The van der Waals surface area contributed by atoms with E-state index in [9.17, 15) is 0 Å². The molecule has 0 radical (unpaired) electrons. The summed E-state index contributed by atoms with van der Waals surface area (Å²) in [7, 11) is 1.69. The summed E-state index contributed by atoms with van der Waals surface area (Å²) in [6.07, 6.45) is 3.01. The van der Waals surface area contributed by atoms with Gasteiger partial charge in [-0.3, -0.25) is 4.42 Å². The van der Waals surface area contributed by atoms with Crippen molar-refractivity contribution >= 4 is 28.7 Å². The Morgan fingerprint density at radius 1 is 1.50 bits per heavy atom. The molecule has 0 aromatic carbocycles. The van der Waals surface area contributed by atoms with Crippen LogP contribution in [0.25, 0.3) is 11.1 Å². The van der Waals surface area contributed by atoms with Crippen molar-refractivity contribution in [2.75, 3.05) is 11.5 Å². The van der Waals surface area contributed by atoms with Gasteiger partial charge in [0, 0.05) is 24.9 Å². The number of aromatic nitrogens is 2. The van der Waals surface area contributed by atoms with Crippen molar-refractivity contribution in [3.8, 4) is 0 Å². The van der Waals surface area contributed by atoms with Crippen molar-refractivity contribution in [2.45, 2.75) is 0 Å². The summed E-state index contributed by atoms with van der Waals surface area (Å²) in [5.74, 6) is 0.576. The lowest BCUT2D eigenvalue weighted by Gasteiger charge is -2.05. The molecule has 0 N–H and O–H groups in total. The number of rotatable bonds is 1. The van der Waals surface area contributed by atoms with Crippen LogP contribution >= 0.6 is 11.8 Å². The second-order valence-corrected chi connectivity index (χ2v) is 2.82. The second-order valence-electron chi connectivity index (χ2n) is 2.31. The number of hydrogen-bond donors (Lipinski definition) is 0. The van der Waals surface area contributed by atoms with Gasteiger partial charge >= 0.3 is 0 Å². The van der Waals surface area contributed by atoms with E-state index in [0.29, 0.717) is 11.4 Å². The van der Waals surface area contributed by atoms with E-state index in [-0.39, 0.29) is 0 Å². The van der Waals surface area contributed by atoms with Gasteiger partial charge in [0.25, 0.3) is 0 Å². The van der Waals surface area contributed by atoms with E-state index in [1.54, 1.807) is 19.4 Å². The Bertz CT molecular complexity index is 398. The average Bonchev–Trinajstić information content (AvgIpc) is 2.49. The van der Waals surface area contributed by atoms with Crippen LogP contribution in [0.1, 0.15) is 0 Å². The Balaban J connectivity index is 2.73. The van der Waals surface area contributed by atoms with Crippen LogP contribution in [0.15, 0.2) is 23.1 Å². The van der Waals surface area contributed by atoms with Crippen molar-refractivity contribution in [3.63, 3.8) is 0 Å². The van der Waals surface area contributed by atoms with E-state index in [4.69, 9.17) is 16.2 Å². The van der Waals surface area contributed by atoms with Crippen LogP contribution in [0, 0.1) is 0 Å². The first kappa shape index (κ1) is 7.36. The fourth-order valence-electron chi connectivity index (χ4n) is 0.995. The summed E-state index contributed by atoms with van der Waals surface area (Å²) < 4.78 is 6.53. The maximum absolute atomic E-state index is 5.72. The first-order valence-electron chi connectivity index (χ1n) is 3.37. The normalized spacial score (nSPS) is 10.5. The Morgan fingerprint density at radius 3 is 3.08 bits per heavy atom. The van der Waals surface area contributed by atoms with E-state index in [1.165, 1.54) is 10.7 Å². The minimum Gasteiger partial charge on any atom is -0.459 e. The van der Waals surface area contributed by atoms with Gasteiger partial charge < -0.3 is 4.42 Å². The fourth-order valence-corrected chi connectivity index (χ4v) is 1.12. The van der Waals surface area contributed by atoms with E-state index in [1.807, 2.05) is 0 Å². The molecular weight excluding hydrogens is 178 g/mol. The number of halogens is 1. The molecule has 0 atom stereocenters. The fraction of sp³-hybridized carbons (Fsp3) is 0.143. The van der Waals surface area contributed by atoms with E-state index in [2.05, 4.69) is 9.97 Å². The molecule has 0 aliphatic carbocycles. The van der Waals surface area contributed by atoms with Crippen LogP contribution in [0.4, 0.5) is 5.82 Å². The minimum absolute atomic E-state index is 0.576. The molecule has 12 heavy (non-hydrogen) atoms. The maximum Gasteiger partial charge on any atom is 0.195 e. The summed E-state index contributed by atoms with van der Waals surface area (Å²) in [4.78, 5) is 7.96. The van der Waals surface area contributed by atoms with Crippen molar-refractivity contribution < 1.29 is 4.42 Å². The topological polar surface area (TPSA) is 42.2 Å². The smallest absolute Gasteiger partial charge is 0.195 e. The third-order valence-corrected chi connectivity index (χ3v) is 1.68. The average molecular weight is 184 g/mol. The Morgan fingerprint density at radius 2 is 2.33 bits per heavy atom. The zero-order valence-electron chi connectivity index (χ0n) is 6.36. The summed E-state index contributed by atoms with van der Waals surface area (Å²) in [6, 6.07) is 1.76. The van der Waals surface area contributed by atoms with Gasteiger partial charge in [0.2, 0.25) is 0 Å². The number of hydrogen-bond acceptors (Lipinski definition) is 4. The molecule has 0 saturated heterocycles. The quantitative estimate of drug-likeness (QED) is 0.633. The molecule has 0 aliphatic rings. The van der Waals surface area contributed by atoms with Gasteiger partial charge in [-0.1, -0.05) is 0 Å². The highest BCUT2D eigenvalue weighted by Gasteiger charge is 2.08. The van der Waals surface area contributed by atoms with Crippen molar-refractivity contribution in [1.82, 2.24) is 9.97 Å². The molecule has 0 amide bonds. The van der Waals surface area contributed by atoms with E-state index >= 15 is 0 Å². The van der Waals surface area contributed by atoms with E-state index in [0.717, 1.165) is 5.52 Å². The van der Waals surface area contributed by atoms with Crippen molar-refractivity contribution in [3.05, 3.63) is 18.7 Å². The van der Waals surface area contributed by atoms with Gasteiger partial charge in [0.05, 0.1) is 6.26 Å². The Kier molecular flexibility index (Phi) is 1.62. The number of anilines is 1. The summed E-state index contributed by atoms with van der Waals surface area (Å²) in [5, 5.41) is 0. The summed E-state index contributed by atoms with van der Waals surface area (Å²) in [5.41, 5.74) is 1.36. The van der Waals surface area contributed by atoms with Crippen LogP contribution in [-0.2, 0) is 0 Å². The monoisotopic (exact) mass is 183 g/mol. The highest BCUT2D eigenvalue weighted by molar-refractivity contribution is 6.26. The number of fused-ring (bicyclic) bond motifs is 1. The van der Waals surface area contributed by atoms with Gasteiger partial charge in [-0.05, 0) is 0 Å². The lowest BCUT2D eigenvalue weighted by molar-refractivity contribution is 0.614. The largest absolute Gasteiger partial charge is 0.459 e. The van der Waals surface area contributed by atoms with Crippen molar-refractivity contribution in [1.29, 1.82) is 0 Å². The Hall–Kier alpha value is -1.29. The van der Waals surface area contributed by atoms with Crippen molar-refractivity contribution in [2.24, 2.45) is 0 Å². The molecule has 2 aromatic rings. The van der Waals surface area contributed by atoms with Gasteiger partial charge in [-0.2, -0.15) is 0 Å². The highest BCUT2D eigenvalue weighted by atomic mass is 35.5. The second kappa shape index (κ2) is 2.64. The summed E-state index contributed by atoms with van der Waals surface area (Å²) >= 11 is 5.72. The number of nitrogens with zero attached hydrogens (tertiary/aromatic N) is 3. The van der Waals surface area contributed by atoms with Crippen LogP contribution < -0.4 is 4.42 Å². The molecule has 0 aliphatic heterocycles. The van der Waals surface area contributed by atoms with Gasteiger partial charge in [0.1, 0.15) is 11.8 Å². The highest BCUT2D eigenvalue weighted by Crippen LogP contribution is 2.23. The zero-order chi connectivity index (χ0) is 8.55. The molecule has 0 spiro atoms. The minimum atomic E-state index is 0.576. The lowest BCUT2D eigenvalue weighted by Crippen LogP contribution is -2.03. The predicted octanol–water partition coefficient (Wildman–Crippen LogP) is 1.81. The molecule has 0 saturated carbocycles. The lowest BCUT2D eigenvalue weighted by atomic mass is 10.4. The van der Waals surface area contributed by atoms with E-state index < -0.39 is 0 Å². The molecule has 62 valence electrons. The first-order chi connectivity index (χ1) is 5.79. The maximum atomic E-state index is 5.72. The molecule has 0 unspecified atom stereocenters. The zero-order valence-corrected chi connectivity index (χ0v) is 7.12. The SMILES string of the molecule is CN(Cl)c1ncnc2ccoc12. The first-order valence-corrected chi connectivity index (χ1v) is 3.70. The Labute approximate surface area is 73.9 Å². The number of furan rings is 1.